The van der Waals surface area contributed by atoms with E-state index in [1.54, 1.807) is 0 Å². The van der Waals surface area contributed by atoms with Gasteiger partial charge in [-0.05, 0) is 110 Å². The molecule has 0 radical (unpaired) electrons. The highest BCUT2D eigenvalue weighted by Crippen LogP contribution is 2.60. The first-order valence-electron chi connectivity index (χ1n) is 23.2. The van der Waals surface area contributed by atoms with Crippen molar-refractivity contribution in [1.82, 2.24) is 0 Å². The van der Waals surface area contributed by atoms with E-state index in [9.17, 15) is 0 Å². The predicted octanol–water partition coefficient (Wildman–Crippen LogP) is 17.3. The van der Waals surface area contributed by atoms with Crippen LogP contribution in [0.4, 0.5) is 17.1 Å². The number of hydrogen-bond donors (Lipinski definition) is 0. The third-order valence-electron chi connectivity index (χ3n) is 14.9. The van der Waals surface area contributed by atoms with Crippen molar-refractivity contribution in [2.24, 2.45) is 0 Å². The van der Waals surface area contributed by atoms with Crippen molar-refractivity contribution in [3.05, 3.63) is 258 Å². The molecule has 67 heavy (non-hydrogen) atoms. The van der Waals surface area contributed by atoms with E-state index in [0.717, 1.165) is 66.5 Å². The van der Waals surface area contributed by atoms with E-state index in [2.05, 4.69) is 243 Å². The van der Waals surface area contributed by atoms with Crippen molar-refractivity contribution in [3.63, 3.8) is 0 Å². The number of rotatable bonds is 6. The number of benzene rings is 10. The van der Waals surface area contributed by atoms with Gasteiger partial charge in [-0.25, -0.2) is 0 Å². The summed E-state index contributed by atoms with van der Waals surface area (Å²) in [6, 6.07) is 81.9. The molecule has 0 atom stereocenters. The lowest BCUT2D eigenvalue weighted by atomic mass is 9.68. The zero-order valence-electron chi connectivity index (χ0n) is 37.1. The normalized spacial score (nSPS) is 14.1. The maximum absolute atomic E-state index is 7.22. The zero-order chi connectivity index (χ0) is 44.4. The van der Waals surface area contributed by atoms with Crippen LogP contribution in [0.2, 0.25) is 0 Å². The van der Waals surface area contributed by atoms with Gasteiger partial charge in [-0.15, -0.1) is 0 Å². The first kappa shape index (κ1) is 37.9. The van der Waals surface area contributed by atoms with Gasteiger partial charge in [0, 0.05) is 38.2 Å². The maximum Gasteiger partial charge on any atom is 0.159 e. The Kier molecular flexibility index (Phi) is 7.95. The van der Waals surface area contributed by atoms with E-state index in [1.807, 2.05) is 0 Å². The van der Waals surface area contributed by atoms with E-state index >= 15 is 0 Å². The first-order valence-corrected chi connectivity index (χ1v) is 23.2. The van der Waals surface area contributed by atoms with E-state index < -0.39 is 5.41 Å². The molecule has 0 saturated carbocycles. The van der Waals surface area contributed by atoms with Gasteiger partial charge >= 0.3 is 0 Å². The smallest absolute Gasteiger partial charge is 0.159 e. The van der Waals surface area contributed by atoms with Crippen LogP contribution in [0.15, 0.2) is 233 Å². The fourth-order valence-electron chi connectivity index (χ4n) is 11.9. The average Bonchev–Trinajstić information content (AvgIpc) is 4.09. The van der Waals surface area contributed by atoms with Crippen LogP contribution in [-0.4, -0.2) is 0 Å². The van der Waals surface area contributed by atoms with E-state index in [1.165, 1.54) is 61.2 Å². The number of hydrogen-bond acceptors (Lipinski definition) is 3. The molecule has 0 amide bonds. The molecule has 0 bridgehead atoms. The second-order valence-electron chi connectivity index (χ2n) is 18.7. The summed E-state index contributed by atoms with van der Waals surface area (Å²) in [6.45, 7) is 4.72. The molecule has 2 heterocycles. The van der Waals surface area contributed by atoms with Gasteiger partial charge in [0.25, 0.3) is 0 Å². The summed E-state index contributed by atoms with van der Waals surface area (Å²) in [5.41, 5.74) is 20.7. The number of nitrogens with zero attached hydrogens (tertiary/aromatic N) is 1. The molecule has 0 aliphatic heterocycles. The minimum atomic E-state index is -0.555. The van der Waals surface area contributed by atoms with Crippen LogP contribution in [0.1, 0.15) is 47.2 Å². The van der Waals surface area contributed by atoms with Gasteiger partial charge < -0.3 is 13.7 Å². The lowest BCUT2D eigenvalue weighted by molar-refractivity contribution is 0.660. The monoisotopic (exact) mass is 857 g/mol. The predicted molar refractivity (Wildman–Crippen MR) is 276 cm³/mol. The Morgan fingerprint density at radius 2 is 0.940 bits per heavy atom. The van der Waals surface area contributed by atoms with Gasteiger partial charge in [0.1, 0.15) is 16.7 Å². The second kappa shape index (κ2) is 14.1. The largest absolute Gasteiger partial charge is 0.456 e. The lowest BCUT2D eigenvalue weighted by Crippen LogP contribution is -2.28. The van der Waals surface area contributed by atoms with Crippen molar-refractivity contribution < 1.29 is 8.83 Å². The molecule has 0 spiro atoms. The molecular weight excluding hydrogens is 815 g/mol. The molecule has 3 heteroatoms. The maximum atomic E-state index is 7.22. The van der Waals surface area contributed by atoms with Gasteiger partial charge in [0.05, 0.1) is 16.8 Å². The number of para-hydroxylation sites is 1. The highest BCUT2D eigenvalue weighted by Gasteiger charge is 2.47. The summed E-state index contributed by atoms with van der Waals surface area (Å²) in [6.07, 6.45) is 0. The van der Waals surface area contributed by atoms with Crippen molar-refractivity contribution in [2.45, 2.75) is 24.7 Å². The Balaban J connectivity index is 1.04. The highest BCUT2D eigenvalue weighted by molar-refractivity contribution is 6.17. The third kappa shape index (κ3) is 5.28. The summed E-state index contributed by atoms with van der Waals surface area (Å²) in [5, 5.41) is 4.16. The Hall–Kier alpha value is -8.40. The van der Waals surface area contributed by atoms with Crippen LogP contribution >= 0.6 is 0 Å². The van der Waals surface area contributed by atoms with Crippen LogP contribution in [0, 0.1) is 0 Å². The van der Waals surface area contributed by atoms with Gasteiger partial charge in [-0.2, -0.15) is 0 Å². The molecule has 12 aromatic rings. The van der Waals surface area contributed by atoms with E-state index in [4.69, 9.17) is 8.83 Å². The SMILES string of the molecule is CC1(C)c2ccccc2-c2ccc(N(c3cccc4c3-c3ccccc3C4(c3ccccc3)c3ccccc3)c3cccc4c3oc3cc5c(cc34)oc3ccc(-c4ccccc4)cc35)cc21. The molecular formula is C64H43NO2. The number of furan rings is 2. The van der Waals surface area contributed by atoms with E-state index in [0.29, 0.717) is 0 Å². The molecule has 2 aromatic heterocycles. The highest BCUT2D eigenvalue weighted by atomic mass is 16.3. The average molecular weight is 858 g/mol. The van der Waals surface area contributed by atoms with Crippen LogP contribution in [0.25, 0.3) is 77.3 Å². The molecule has 2 aliphatic rings. The molecule has 14 rings (SSSR count). The van der Waals surface area contributed by atoms with Gasteiger partial charge in [-0.3, -0.25) is 0 Å². The topological polar surface area (TPSA) is 29.5 Å². The molecule has 0 unspecified atom stereocenters. The second-order valence-corrected chi connectivity index (χ2v) is 18.7. The molecule has 10 aromatic carbocycles. The van der Waals surface area contributed by atoms with Crippen LogP contribution < -0.4 is 4.90 Å². The number of fused-ring (bicyclic) bond motifs is 12. The lowest BCUT2D eigenvalue weighted by Gasteiger charge is -2.34. The Morgan fingerprint density at radius 1 is 0.358 bits per heavy atom. The van der Waals surface area contributed by atoms with Crippen LogP contribution in [-0.2, 0) is 10.8 Å². The summed E-state index contributed by atoms with van der Waals surface area (Å²) in [7, 11) is 0. The van der Waals surface area contributed by atoms with Crippen LogP contribution in [0.5, 0.6) is 0 Å². The fraction of sp³-hybridized carbons (Fsp3) is 0.0625. The molecule has 316 valence electrons. The molecule has 3 nitrogen and oxygen atoms in total. The van der Waals surface area contributed by atoms with Crippen molar-refractivity contribution >= 4 is 60.9 Å². The van der Waals surface area contributed by atoms with Crippen LogP contribution in [0.3, 0.4) is 0 Å². The molecule has 0 N–H and O–H groups in total. The van der Waals surface area contributed by atoms with Gasteiger partial charge in [-0.1, -0.05) is 190 Å². The minimum absolute atomic E-state index is 0.197. The van der Waals surface area contributed by atoms with Crippen molar-refractivity contribution in [1.29, 1.82) is 0 Å². The standard InChI is InChI=1S/C64H43NO2/c1-63(2)52-27-14-12-24-45(52)46-34-33-44(37-55(46)63)65(56-30-17-29-54-61(56)48-25-13-15-28-53(48)64(54,42-20-8-4-9-21-42)43-22-10-5-11-23-43)57-31-16-26-47-50-38-59-51(39-60(50)67-62(47)57)49-36-41(32-35-58(49)66-59)40-18-6-3-7-19-40/h3-39H,1-2H3. The van der Waals surface area contributed by atoms with Gasteiger partial charge in [0.15, 0.2) is 5.58 Å². The Bertz CT molecular complexity index is 3910. The quantitative estimate of drug-likeness (QED) is 0.167. The third-order valence-corrected chi connectivity index (χ3v) is 14.9. The minimum Gasteiger partial charge on any atom is -0.456 e. The Labute approximate surface area is 388 Å². The number of anilines is 3. The summed E-state index contributed by atoms with van der Waals surface area (Å²) in [5.74, 6) is 0. The summed E-state index contributed by atoms with van der Waals surface area (Å²) >= 11 is 0. The summed E-state index contributed by atoms with van der Waals surface area (Å²) in [4.78, 5) is 2.47. The summed E-state index contributed by atoms with van der Waals surface area (Å²) < 4.78 is 13.8. The fourth-order valence-corrected chi connectivity index (χ4v) is 11.9. The van der Waals surface area contributed by atoms with E-state index in [-0.39, 0.29) is 5.41 Å². The first-order chi connectivity index (χ1) is 33.0. The van der Waals surface area contributed by atoms with Crippen molar-refractivity contribution in [2.75, 3.05) is 4.90 Å². The van der Waals surface area contributed by atoms with Crippen molar-refractivity contribution in [3.8, 4) is 33.4 Å². The zero-order valence-corrected chi connectivity index (χ0v) is 37.1. The Morgan fingerprint density at radius 3 is 1.70 bits per heavy atom. The molecule has 2 aliphatic carbocycles. The molecule has 0 fully saturated rings. The molecule has 0 saturated heterocycles. The van der Waals surface area contributed by atoms with Gasteiger partial charge in [0.2, 0.25) is 0 Å².